The summed E-state index contributed by atoms with van der Waals surface area (Å²) in [6.45, 7) is 5.86. The van der Waals surface area contributed by atoms with E-state index in [0.717, 1.165) is 25.2 Å². The Morgan fingerprint density at radius 3 is 2.58 bits per heavy atom. The second-order valence-corrected chi connectivity index (χ2v) is 8.58. The number of carbonyl (C=O) groups is 1. The smallest absolute Gasteiger partial charge is 0.257 e. The Kier molecular flexibility index (Phi) is 6.99. The maximum Gasteiger partial charge on any atom is 0.257 e. The van der Waals surface area contributed by atoms with Crippen molar-refractivity contribution >= 4 is 5.91 Å². The van der Waals surface area contributed by atoms with Gasteiger partial charge >= 0.3 is 0 Å². The summed E-state index contributed by atoms with van der Waals surface area (Å²) >= 11 is 0. The third kappa shape index (κ3) is 5.37. The van der Waals surface area contributed by atoms with Gasteiger partial charge in [-0.2, -0.15) is 0 Å². The molecule has 0 bridgehead atoms. The molecule has 0 radical (unpaired) electrons. The number of benzene rings is 2. The van der Waals surface area contributed by atoms with Gasteiger partial charge in [0, 0.05) is 36.8 Å². The maximum absolute atomic E-state index is 13.5. The van der Waals surface area contributed by atoms with Crippen molar-refractivity contribution in [3.63, 3.8) is 0 Å². The normalized spacial score (nSPS) is 14.5. The molecule has 172 valence electrons. The van der Waals surface area contributed by atoms with Gasteiger partial charge in [-0.15, -0.1) is 0 Å². The Balaban J connectivity index is 1.69. The minimum absolute atomic E-state index is 0.0135. The minimum Gasteiger partial charge on any atom is -0.352 e. The Labute approximate surface area is 193 Å². The van der Waals surface area contributed by atoms with Gasteiger partial charge in [0.25, 0.3) is 5.56 Å². The Morgan fingerprint density at radius 2 is 1.88 bits per heavy atom. The zero-order chi connectivity index (χ0) is 23.4. The minimum atomic E-state index is -0.367. The van der Waals surface area contributed by atoms with E-state index in [9.17, 15) is 14.0 Å². The highest BCUT2D eigenvalue weighted by Gasteiger charge is 2.25. The molecule has 0 spiro atoms. The zero-order valence-corrected chi connectivity index (χ0v) is 19.1. The van der Waals surface area contributed by atoms with Crippen LogP contribution in [0, 0.1) is 5.82 Å². The zero-order valence-electron chi connectivity index (χ0n) is 19.1. The second kappa shape index (κ2) is 10.1. The molecule has 7 heteroatoms. The van der Waals surface area contributed by atoms with Gasteiger partial charge in [0.1, 0.15) is 18.2 Å². The molecule has 0 aliphatic carbocycles. The number of carbonyl (C=O) groups excluding carboxylic acids is 1. The number of amides is 1. The molecule has 6 nitrogen and oxygen atoms in total. The van der Waals surface area contributed by atoms with Gasteiger partial charge < -0.3 is 5.32 Å². The molecule has 1 aliphatic heterocycles. The first kappa shape index (κ1) is 22.9. The molecular formula is C26H29FN4O2. The summed E-state index contributed by atoms with van der Waals surface area (Å²) in [4.78, 5) is 33.2. The molecule has 33 heavy (non-hydrogen) atoms. The highest BCUT2D eigenvalue weighted by molar-refractivity contribution is 5.76. The number of hydrogen-bond acceptors (Lipinski definition) is 4. The molecule has 4 rings (SSSR count). The average molecular weight is 449 g/mol. The van der Waals surface area contributed by atoms with E-state index in [-0.39, 0.29) is 29.9 Å². The Morgan fingerprint density at radius 1 is 1.15 bits per heavy atom. The molecule has 0 saturated heterocycles. The fourth-order valence-corrected chi connectivity index (χ4v) is 4.09. The van der Waals surface area contributed by atoms with Crippen molar-refractivity contribution in [2.45, 2.75) is 52.4 Å². The summed E-state index contributed by atoms with van der Waals surface area (Å²) in [7, 11) is 0. The van der Waals surface area contributed by atoms with Gasteiger partial charge in [0.05, 0.1) is 5.69 Å². The van der Waals surface area contributed by atoms with Gasteiger partial charge in [-0.1, -0.05) is 37.3 Å². The van der Waals surface area contributed by atoms with Crippen molar-refractivity contribution in [2.24, 2.45) is 0 Å². The van der Waals surface area contributed by atoms with Crippen molar-refractivity contribution in [1.82, 2.24) is 19.8 Å². The van der Waals surface area contributed by atoms with Gasteiger partial charge in [-0.05, 0) is 49.6 Å². The van der Waals surface area contributed by atoms with Crippen molar-refractivity contribution in [3.05, 3.63) is 87.6 Å². The fraction of sp³-hybridized carbons (Fsp3) is 0.346. The summed E-state index contributed by atoms with van der Waals surface area (Å²) in [6, 6.07) is 16.1. The largest absolute Gasteiger partial charge is 0.352 e. The van der Waals surface area contributed by atoms with Crippen molar-refractivity contribution in [3.8, 4) is 11.4 Å². The van der Waals surface area contributed by atoms with E-state index < -0.39 is 0 Å². The SMILES string of the molecule is CC[C@H](C)NC(=O)Cn1c(-c2ccc(F)cc2)nc2c(c1=O)CCN(Cc1ccccc1)C2. The third-order valence-corrected chi connectivity index (χ3v) is 6.07. The number of fused-ring (bicyclic) bond motifs is 1. The molecule has 0 unspecified atom stereocenters. The van der Waals surface area contributed by atoms with E-state index in [1.54, 1.807) is 12.1 Å². The number of hydrogen-bond donors (Lipinski definition) is 1. The molecule has 1 aromatic heterocycles. The van der Waals surface area contributed by atoms with Crippen LogP contribution in [0.4, 0.5) is 4.39 Å². The van der Waals surface area contributed by atoms with Crippen LogP contribution in [0.3, 0.4) is 0 Å². The topological polar surface area (TPSA) is 67.2 Å². The predicted molar refractivity (Wildman–Crippen MR) is 126 cm³/mol. The summed E-state index contributed by atoms with van der Waals surface area (Å²) in [5.74, 6) is -0.216. The molecule has 1 N–H and O–H groups in total. The second-order valence-electron chi connectivity index (χ2n) is 8.58. The average Bonchev–Trinajstić information content (AvgIpc) is 2.82. The van der Waals surface area contributed by atoms with Crippen LogP contribution in [-0.4, -0.2) is 32.9 Å². The standard InChI is InChI=1S/C26H29FN4O2/c1-3-18(2)28-24(32)17-31-25(20-9-11-21(27)12-10-20)29-23-16-30(14-13-22(23)26(31)33)15-19-7-5-4-6-8-19/h4-12,18H,3,13-17H2,1-2H3,(H,28,32)/t18-/m0/s1. The lowest BCUT2D eigenvalue weighted by Crippen LogP contribution is -2.41. The van der Waals surface area contributed by atoms with Gasteiger partial charge in [0.2, 0.25) is 5.91 Å². The number of aromatic nitrogens is 2. The van der Waals surface area contributed by atoms with Crippen LogP contribution in [0.5, 0.6) is 0 Å². The van der Waals surface area contributed by atoms with Crippen LogP contribution in [0.25, 0.3) is 11.4 Å². The van der Waals surface area contributed by atoms with Crippen LogP contribution >= 0.6 is 0 Å². The number of halogens is 1. The maximum atomic E-state index is 13.5. The summed E-state index contributed by atoms with van der Waals surface area (Å²) in [5, 5.41) is 2.91. The monoisotopic (exact) mass is 448 g/mol. The molecule has 1 atom stereocenters. The lowest BCUT2D eigenvalue weighted by molar-refractivity contribution is -0.122. The highest BCUT2D eigenvalue weighted by Crippen LogP contribution is 2.22. The number of nitrogens with zero attached hydrogens (tertiary/aromatic N) is 3. The molecule has 2 aromatic carbocycles. The van der Waals surface area contributed by atoms with Crippen molar-refractivity contribution < 1.29 is 9.18 Å². The molecule has 1 aliphatic rings. The molecule has 3 aromatic rings. The molecule has 0 saturated carbocycles. The summed E-state index contributed by atoms with van der Waals surface area (Å²) in [6.07, 6.45) is 1.37. The van der Waals surface area contributed by atoms with Gasteiger partial charge in [0.15, 0.2) is 0 Å². The molecular weight excluding hydrogens is 419 g/mol. The lowest BCUT2D eigenvalue weighted by atomic mass is 10.0. The Bertz CT molecular complexity index is 1180. The van der Waals surface area contributed by atoms with E-state index >= 15 is 0 Å². The van der Waals surface area contributed by atoms with E-state index in [0.29, 0.717) is 29.9 Å². The first-order chi connectivity index (χ1) is 15.9. The Hall–Kier alpha value is -3.32. The quantitative estimate of drug-likeness (QED) is 0.601. The van der Waals surface area contributed by atoms with E-state index in [1.165, 1.54) is 22.3 Å². The van der Waals surface area contributed by atoms with Crippen LogP contribution < -0.4 is 10.9 Å². The third-order valence-electron chi connectivity index (χ3n) is 6.07. The predicted octanol–water partition coefficient (Wildman–Crippen LogP) is 3.52. The first-order valence-electron chi connectivity index (χ1n) is 11.4. The van der Waals surface area contributed by atoms with Crippen LogP contribution in [0.1, 0.15) is 37.1 Å². The molecule has 0 fully saturated rings. The lowest BCUT2D eigenvalue weighted by Gasteiger charge is -2.29. The van der Waals surface area contributed by atoms with Gasteiger partial charge in [-0.3, -0.25) is 19.1 Å². The van der Waals surface area contributed by atoms with Crippen molar-refractivity contribution in [1.29, 1.82) is 0 Å². The number of nitrogens with one attached hydrogen (secondary N) is 1. The van der Waals surface area contributed by atoms with Crippen LogP contribution in [-0.2, 0) is 30.8 Å². The summed E-state index contributed by atoms with van der Waals surface area (Å²) < 4.78 is 15.0. The van der Waals surface area contributed by atoms with Gasteiger partial charge in [-0.25, -0.2) is 9.37 Å². The van der Waals surface area contributed by atoms with E-state index in [2.05, 4.69) is 22.3 Å². The van der Waals surface area contributed by atoms with Crippen molar-refractivity contribution in [2.75, 3.05) is 6.54 Å². The fourth-order valence-electron chi connectivity index (χ4n) is 4.09. The number of rotatable bonds is 7. The molecule has 2 heterocycles. The first-order valence-corrected chi connectivity index (χ1v) is 11.4. The summed E-state index contributed by atoms with van der Waals surface area (Å²) in [5.41, 5.74) is 2.99. The van der Waals surface area contributed by atoms with E-state index in [1.807, 2.05) is 32.0 Å². The van der Waals surface area contributed by atoms with Crippen LogP contribution in [0.2, 0.25) is 0 Å². The highest BCUT2D eigenvalue weighted by atomic mass is 19.1. The molecule has 1 amide bonds. The van der Waals surface area contributed by atoms with E-state index in [4.69, 9.17) is 4.98 Å². The van der Waals surface area contributed by atoms with Crippen LogP contribution in [0.15, 0.2) is 59.4 Å².